The van der Waals surface area contributed by atoms with Crippen LogP contribution in [0.25, 0.3) is 0 Å². The lowest BCUT2D eigenvalue weighted by Gasteiger charge is -2.00. The topological polar surface area (TPSA) is 104 Å². The molecule has 0 heterocycles. The van der Waals surface area contributed by atoms with Gasteiger partial charge in [0.25, 0.3) is 0 Å². The number of carbonyl (C=O) groups is 1. The second kappa shape index (κ2) is 4.93. The predicted octanol–water partition coefficient (Wildman–Crippen LogP) is 0.891. The van der Waals surface area contributed by atoms with Crippen molar-refractivity contribution in [2.24, 2.45) is 0 Å². The van der Waals surface area contributed by atoms with Gasteiger partial charge < -0.3 is 14.9 Å². The van der Waals surface area contributed by atoms with Gasteiger partial charge in [-0.1, -0.05) is 0 Å². The minimum absolute atomic E-state index is 0.171. The Morgan fingerprint density at radius 2 is 1.67 bits per heavy atom. The van der Waals surface area contributed by atoms with Crippen LogP contribution in [-0.4, -0.2) is 33.1 Å². The van der Waals surface area contributed by atoms with Gasteiger partial charge in [-0.25, -0.2) is 9.36 Å². The molecule has 0 unspecified atom stereocenters. The molecular weight excluding hydrogens is 244 g/mol. The summed E-state index contributed by atoms with van der Waals surface area (Å²) >= 11 is 0. The van der Waals surface area contributed by atoms with Crippen molar-refractivity contribution in [3.05, 3.63) is 0 Å². The number of phosphoric acid groups is 1. The molecule has 0 aromatic rings. The molecule has 3 N–H and O–H groups in total. The first-order chi connectivity index (χ1) is 6.52. The molecule has 1 aliphatic carbocycles. The van der Waals surface area contributed by atoms with Crippen LogP contribution in [-0.2, 0) is 13.9 Å². The fourth-order valence-corrected chi connectivity index (χ4v) is 0.967. The average molecular weight is 252 g/mol. The molecule has 0 bridgehead atoms. The van der Waals surface area contributed by atoms with Crippen LogP contribution in [0, 0.1) is 0 Å². The van der Waals surface area contributed by atoms with Gasteiger partial charge in [-0.3, -0.25) is 4.52 Å². The molecule has 1 aliphatic rings. The molecule has 1 rings (SSSR count). The van der Waals surface area contributed by atoms with Gasteiger partial charge in [-0.2, -0.15) is 13.2 Å². The van der Waals surface area contributed by atoms with Crippen molar-refractivity contribution in [1.29, 1.82) is 0 Å². The highest BCUT2D eigenvalue weighted by Gasteiger charge is 2.38. The third kappa shape index (κ3) is 9.67. The number of carboxylic acids is 1. The maximum atomic E-state index is 10.6. The van der Waals surface area contributed by atoms with E-state index < -0.39 is 20.0 Å². The summed E-state index contributed by atoms with van der Waals surface area (Å²) in [5, 5.41) is 7.12. The number of hydrogen-bond acceptors (Lipinski definition) is 3. The van der Waals surface area contributed by atoms with E-state index in [1.54, 1.807) is 0 Å². The summed E-state index contributed by atoms with van der Waals surface area (Å²) in [6, 6.07) is 0. The first-order valence-corrected chi connectivity index (χ1v) is 5.09. The van der Waals surface area contributed by atoms with Crippen LogP contribution >= 0.6 is 7.82 Å². The van der Waals surface area contributed by atoms with E-state index in [0.29, 0.717) is 0 Å². The van der Waals surface area contributed by atoms with E-state index in [1.165, 1.54) is 0 Å². The Morgan fingerprint density at radius 1 is 1.33 bits per heavy atom. The smallest absolute Gasteiger partial charge is 0.475 e. The first kappa shape index (κ1) is 14.4. The Balaban J connectivity index is 0.000000265. The number of carboxylic acid groups (broad SMARTS) is 1. The summed E-state index contributed by atoms with van der Waals surface area (Å²) in [6.07, 6.45) is -3.69. The Kier molecular flexibility index (Phi) is 4.72. The summed E-state index contributed by atoms with van der Waals surface area (Å²) in [7, 11) is -4.16. The minimum atomic E-state index is -5.08. The SMILES string of the molecule is O=C(O)C(F)(F)F.O=P(O)(O)OC1CC1. The van der Waals surface area contributed by atoms with E-state index in [2.05, 4.69) is 4.52 Å². The van der Waals surface area contributed by atoms with Gasteiger partial charge in [0.15, 0.2) is 0 Å². The molecule has 0 radical (unpaired) electrons. The minimum Gasteiger partial charge on any atom is -0.475 e. The quantitative estimate of drug-likeness (QED) is 0.630. The maximum Gasteiger partial charge on any atom is 0.490 e. The summed E-state index contributed by atoms with van der Waals surface area (Å²) in [6.45, 7) is 0. The molecule has 15 heavy (non-hydrogen) atoms. The molecule has 1 fully saturated rings. The van der Waals surface area contributed by atoms with Crippen molar-refractivity contribution in [1.82, 2.24) is 0 Å². The van der Waals surface area contributed by atoms with Gasteiger partial charge in [0.2, 0.25) is 0 Å². The van der Waals surface area contributed by atoms with Crippen LogP contribution in [0.4, 0.5) is 13.2 Å². The van der Waals surface area contributed by atoms with Gasteiger partial charge in [0.1, 0.15) is 0 Å². The Bertz CT molecular complexity index is 266. The van der Waals surface area contributed by atoms with Gasteiger partial charge in [0.05, 0.1) is 6.10 Å². The van der Waals surface area contributed by atoms with Gasteiger partial charge in [-0.05, 0) is 12.8 Å². The second-order valence-corrected chi connectivity index (χ2v) is 3.79. The number of hydrogen-bond donors (Lipinski definition) is 3. The summed E-state index contributed by atoms with van der Waals surface area (Å²) < 4.78 is 45.9. The lowest BCUT2D eigenvalue weighted by atomic mass is 10.7. The van der Waals surface area contributed by atoms with Crippen molar-refractivity contribution < 1.29 is 41.9 Å². The highest BCUT2D eigenvalue weighted by molar-refractivity contribution is 7.46. The first-order valence-electron chi connectivity index (χ1n) is 3.56. The highest BCUT2D eigenvalue weighted by Crippen LogP contribution is 2.43. The zero-order valence-electron chi connectivity index (χ0n) is 7.14. The molecule has 0 spiro atoms. The van der Waals surface area contributed by atoms with E-state index in [4.69, 9.17) is 19.7 Å². The lowest BCUT2D eigenvalue weighted by molar-refractivity contribution is -0.192. The van der Waals surface area contributed by atoms with E-state index in [0.717, 1.165) is 12.8 Å². The van der Waals surface area contributed by atoms with Crippen molar-refractivity contribution in [3.63, 3.8) is 0 Å². The zero-order chi connectivity index (χ0) is 12.3. The van der Waals surface area contributed by atoms with Crippen LogP contribution in [0.5, 0.6) is 0 Å². The number of alkyl halides is 3. The molecule has 0 amide bonds. The maximum absolute atomic E-state index is 10.6. The monoisotopic (exact) mass is 252 g/mol. The van der Waals surface area contributed by atoms with E-state index in [-0.39, 0.29) is 6.10 Å². The highest BCUT2D eigenvalue weighted by atomic mass is 31.2. The Labute approximate surface area is 81.9 Å². The number of halogens is 3. The summed E-state index contributed by atoms with van der Waals surface area (Å²) in [5.74, 6) is -2.76. The van der Waals surface area contributed by atoms with Crippen LogP contribution in [0.2, 0.25) is 0 Å². The standard InChI is InChI=1S/C3H7O4P.C2HF3O2/c4-8(5,6)7-3-1-2-3;3-2(4,5)1(6)7/h3H,1-2H2,(H2,4,5,6);(H,6,7). The van der Waals surface area contributed by atoms with Crippen LogP contribution in [0.3, 0.4) is 0 Å². The van der Waals surface area contributed by atoms with Crippen LogP contribution in [0.15, 0.2) is 0 Å². The Hall–Kier alpha value is -0.630. The van der Waals surface area contributed by atoms with Crippen molar-refractivity contribution in [3.8, 4) is 0 Å². The largest absolute Gasteiger partial charge is 0.490 e. The molecular formula is C5H8F3O6P. The van der Waals surface area contributed by atoms with Gasteiger partial charge in [0, 0.05) is 0 Å². The molecule has 0 saturated heterocycles. The van der Waals surface area contributed by atoms with E-state index >= 15 is 0 Å². The fraction of sp³-hybridized carbons (Fsp3) is 0.800. The third-order valence-corrected chi connectivity index (χ3v) is 1.63. The molecule has 6 nitrogen and oxygen atoms in total. The van der Waals surface area contributed by atoms with Gasteiger partial charge in [-0.15, -0.1) is 0 Å². The molecule has 90 valence electrons. The molecule has 0 atom stereocenters. The normalized spacial score (nSPS) is 16.6. The molecule has 0 aromatic heterocycles. The van der Waals surface area contributed by atoms with Gasteiger partial charge >= 0.3 is 20.0 Å². The third-order valence-electron chi connectivity index (χ3n) is 1.05. The predicted molar refractivity (Wildman–Crippen MR) is 39.8 cm³/mol. The van der Waals surface area contributed by atoms with Crippen LogP contribution < -0.4 is 0 Å². The average Bonchev–Trinajstić information content (AvgIpc) is 2.66. The molecule has 1 saturated carbocycles. The summed E-state index contributed by atoms with van der Waals surface area (Å²) in [4.78, 5) is 25.1. The molecule has 0 aliphatic heterocycles. The summed E-state index contributed by atoms with van der Waals surface area (Å²) in [5.41, 5.74) is 0. The lowest BCUT2D eigenvalue weighted by Crippen LogP contribution is -2.21. The number of rotatable bonds is 2. The number of aliphatic carboxylic acids is 1. The van der Waals surface area contributed by atoms with Crippen molar-refractivity contribution in [2.75, 3.05) is 0 Å². The number of phosphoric ester groups is 1. The second-order valence-electron chi connectivity index (χ2n) is 2.60. The Morgan fingerprint density at radius 3 is 1.73 bits per heavy atom. The molecule has 0 aromatic carbocycles. The van der Waals surface area contributed by atoms with Crippen LogP contribution in [0.1, 0.15) is 12.8 Å². The fourth-order valence-electron chi connectivity index (χ4n) is 0.368. The zero-order valence-corrected chi connectivity index (χ0v) is 8.03. The van der Waals surface area contributed by atoms with E-state index in [9.17, 15) is 17.7 Å². The van der Waals surface area contributed by atoms with E-state index in [1.807, 2.05) is 0 Å². The van der Waals surface area contributed by atoms with Crippen molar-refractivity contribution in [2.45, 2.75) is 25.1 Å². The molecule has 10 heteroatoms. The van der Waals surface area contributed by atoms with Crippen molar-refractivity contribution >= 4 is 13.8 Å².